The number of hydrogen-bond donors (Lipinski definition) is 2. The number of halogens is 2. The molecule has 11 nitrogen and oxygen atoms in total. The molecule has 1 atom stereocenters. The second-order valence-electron chi connectivity index (χ2n) is 12.9. The maximum absolute atomic E-state index is 13.6. The van der Waals surface area contributed by atoms with Crippen molar-refractivity contribution in [2.75, 3.05) is 25.5 Å². The number of rotatable bonds is 10. The van der Waals surface area contributed by atoms with Crippen LogP contribution in [0.1, 0.15) is 64.1 Å². The monoisotopic (exact) mass is 717 g/mol. The van der Waals surface area contributed by atoms with Crippen molar-refractivity contribution in [1.82, 2.24) is 14.5 Å². The van der Waals surface area contributed by atoms with Gasteiger partial charge < -0.3 is 29.8 Å². The lowest BCUT2D eigenvalue weighted by Crippen LogP contribution is -2.36. The summed E-state index contributed by atoms with van der Waals surface area (Å²) in [6.45, 7) is 1.22. The Labute approximate surface area is 299 Å². The van der Waals surface area contributed by atoms with E-state index in [0.717, 1.165) is 59.2 Å². The number of imidazole rings is 1. The number of nitrogens with zero attached hydrogens (tertiary/aromatic N) is 3. The van der Waals surface area contributed by atoms with Gasteiger partial charge in [-0.25, -0.2) is 4.98 Å². The number of carbonyl (C=O) groups excluding carboxylic acids is 3. The summed E-state index contributed by atoms with van der Waals surface area (Å²) in [6.07, 6.45) is 3.43. The van der Waals surface area contributed by atoms with Crippen LogP contribution in [0.3, 0.4) is 0 Å². The van der Waals surface area contributed by atoms with E-state index in [-0.39, 0.29) is 24.4 Å². The number of benzene rings is 3. The normalized spacial score (nSPS) is 16.8. The molecule has 0 saturated heterocycles. The number of esters is 2. The Morgan fingerprint density at radius 1 is 1.02 bits per heavy atom. The summed E-state index contributed by atoms with van der Waals surface area (Å²) in [5, 5.41) is 3.84. The lowest BCUT2D eigenvalue weighted by molar-refractivity contribution is -0.161. The molecule has 3 N–H and O–H groups in total. The van der Waals surface area contributed by atoms with Crippen LogP contribution in [0.5, 0.6) is 11.5 Å². The minimum atomic E-state index is -0.566. The number of anilines is 1. The summed E-state index contributed by atoms with van der Waals surface area (Å²) >= 11 is 13.6. The van der Waals surface area contributed by atoms with Crippen LogP contribution in [0.2, 0.25) is 10.0 Å². The van der Waals surface area contributed by atoms with Gasteiger partial charge in [0, 0.05) is 56.0 Å². The van der Waals surface area contributed by atoms with Gasteiger partial charge >= 0.3 is 11.9 Å². The maximum Gasteiger partial charge on any atom is 0.327 e. The fourth-order valence-electron chi connectivity index (χ4n) is 6.82. The molecule has 0 bridgehead atoms. The van der Waals surface area contributed by atoms with E-state index in [0.29, 0.717) is 59.0 Å². The van der Waals surface area contributed by atoms with E-state index < -0.39 is 17.8 Å². The second kappa shape index (κ2) is 14.1. The summed E-state index contributed by atoms with van der Waals surface area (Å²) in [5.74, 6) is -0.172. The maximum atomic E-state index is 13.6. The van der Waals surface area contributed by atoms with Crippen molar-refractivity contribution in [2.24, 2.45) is 18.7 Å². The average Bonchev–Trinajstić information content (AvgIpc) is 3.81. The van der Waals surface area contributed by atoms with Gasteiger partial charge in [0.05, 0.1) is 41.0 Å². The van der Waals surface area contributed by atoms with Gasteiger partial charge in [-0.05, 0) is 54.5 Å². The lowest BCUT2D eigenvalue weighted by Gasteiger charge is -2.25. The molecule has 260 valence electrons. The van der Waals surface area contributed by atoms with Crippen molar-refractivity contribution in [3.8, 4) is 22.6 Å². The number of nitrogens with two attached hydrogens (primary N) is 1. The lowest BCUT2D eigenvalue weighted by atomic mass is 9.96. The van der Waals surface area contributed by atoms with Gasteiger partial charge in [-0.2, -0.15) is 0 Å². The fourth-order valence-corrected chi connectivity index (χ4v) is 7.33. The quantitative estimate of drug-likeness (QED) is 0.149. The summed E-state index contributed by atoms with van der Waals surface area (Å²) in [6, 6.07) is 15.2. The van der Waals surface area contributed by atoms with Crippen LogP contribution in [0.4, 0.5) is 5.69 Å². The van der Waals surface area contributed by atoms with E-state index in [1.165, 1.54) is 0 Å². The van der Waals surface area contributed by atoms with Gasteiger partial charge in [0.1, 0.15) is 17.6 Å². The van der Waals surface area contributed by atoms with E-state index in [9.17, 15) is 14.4 Å². The Morgan fingerprint density at radius 3 is 2.56 bits per heavy atom. The van der Waals surface area contributed by atoms with Crippen molar-refractivity contribution in [3.63, 3.8) is 0 Å². The summed E-state index contributed by atoms with van der Waals surface area (Å²) < 4.78 is 18.7. The predicted octanol–water partition coefficient (Wildman–Crippen LogP) is 6.02. The molecule has 1 aliphatic heterocycles. The molecule has 3 aromatic carbocycles. The Bertz CT molecular complexity index is 2010. The summed E-state index contributed by atoms with van der Waals surface area (Å²) in [5.41, 5.74) is 12.6. The minimum absolute atomic E-state index is 0.0150. The van der Waals surface area contributed by atoms with Crippen LogP contribution in [0, 0.1) is 5.92 Å². The van der Waals surface area contributed by atoms with Crippen molar-refractivity contribution >= 4 is 46.7 Å². The number of amides is 1. The Balaban J connectivity index is 1.06. The first-order chi connectivity index (χ1) is 24.1. The van der Waals surface area contributed by atoms with Crippen molar-refractivity contribution in [1.29, 1.82) is 0 Å². The van der Waals surface area contributed by atoms with Crippen LogP contribution in [-0.2, 0) is 47.3 Å². The first-order valence-electron chi connectivity index (χ1n) is 16.6. The summed E-state index contributed by atoms with van der Waals surface area (Å²) in [7, 11) is 3.39. The number of carbonyl (C=O) groups is 3. The van der Waals surface area contributed by atoms with Gasteiger partial charge in [0.2, 0.25) is 0 Å². The SMILES string of the molecule is COc1cc(OC2CCc3c(-c4cccc(NC(=O)c5nc6c(n5C)CCN(CC(=O)OC(=O)C5CC5)C6)c4Cl)cccc32)c(Cl)cc1CN. The standard InChI is InChI=1S/C37H37Cl2N5O6/c1-43-29-13-14-44(19-33(45)50-37(47)20-9-10-20)18-28(29)41-35(43)36(46)42-27-8-4-7-25(34(27)39)22-5-3-6-24-23(22)11-12-30(24)49-32-16-31(48-2)21(17-40)15-26(32)38/h3-8,15-16,20,30H,9-14,17-19,40H2,1-2H3,(H,42,46). The molecule has 2 heterocycles. The Hall–Kier alpha value is -4.42. The highest BCUT2D eigenvalue weighted by molar-refractivity contribution is 6.36. The van der Waals surface area contributed by atoms with Gasteiger partial charge in [0.25, 0.3) is 5.91 Å². The Kier molecular flexibility index (Phi) is 9.58. The van der Waals surface area contributed by atoms with Gasteiger partial charge in [-0.1, -0.05) is 53.5 Å². The molecule has 1 saturated carbocycles. The smallest absolute Gasteiger partial charge is 0.327 e. The van der Waals surface area contributed by atoms with E-state index in [4.69, 9.17) is 43.1 Å². The predicted molar refractivity (Wildman–Crippen MR) is 188 cm³/mol. The molecular formula is C37H37Cl2N5O6. The molecule has 0 spiro atoms. The number of aromatic nitrogens is 2. The first kappa shape index (κ1) is 34.0. The van der Waals surface area contributed by atoms with E-state index in [1.807, 2.05) is 29.2 Å². The van der Waals surface area contributed by atoms with Crippen molar-refractivity contribution in [2.45, 2.75) is 51.3 Å². The van der Waals surface area contributed by atoms with Crippen molar-refractivity contribution < 1.29 is 28.6 Å². The number of hydrogen-bond acceptors (Lipinski definition) is 9. The Morgan fingerprint density at radius 2 is 1.80 bits per heavy atom. The van der Waals surface area contributed by atoms with Crippen LogP contribution in [-0.4, -0.2) is 52.5 Å². The molecular weight excluding hydrogens is 681 g/mol. The van der Waals surface area contributed by atoms with E-state index in [1.54, 1.807) is 36.9 Å². The molecule has 50 heavy (non-hydrogen) atoms. The number of fused-ring (bicyclic) bond motifs is 2. The largest absolute Gasteiger partial charge is 0.496 e. The molecule has 13 heteroatoms. The topological polar surface area (TPSA) is 138 Å². The number of ether oxygens (including phenoxy) is 3. The van der Waals surface area contributed by atoms with E-state index in [2.05, 4.69) is 16.4 Å². The minimum Gasteiger partial charge on any atom is -0.496 e. The zero-order chi connectivity index (χ0) is 35.1. The van der Waals surface area contributed by atoms with E-state index >= 15 is 0 Å². The van der Waals surface area contributed by atoms with Crippen LogP contribution in [0.15, 0.2) is 48.5 Å². The zero-order valence-electron chi connectivity index (χ0n) is 27.8. The van der Waals surface area contributed by atoms with Crippen LogP contribution in [0.25, 0.3) is 11.1 Å². The highest BCUT2D eigenvalue weighted by Gasteiger charge is 2.34. The molecule has 7 rings (SSSR count). The molecule has 2 aliphatic carbocycles. The second-order valence-corrected chi connectivity index (χ2v) is 13.6. The highest BCUT2D eigenvalue weighted by atomic mass is 35.5. The number of methoxy groups -OCH3 is 1. The average molecular weight is 719 g/mol. The summed E-state index contributed by atoms with van der Waals surface area (Å²) in [4.78, 5) is 44.3. The molecule has 1 amide bonds. The highest BCUT2D eigenvalue weighted by Crippen LogP contribution is 2.45. The fraction of sp³-hybridized carbons (Fsp3) is 0.351. The first-order valence-corrected chi connectivity index (χ1v) is 17.4. The third-order valence-corrected chi connectivity index (χ3v) is 10.3. The third kappa shape index (κ3) is 6.70. The third-order valence-electron chi connectivity index (χ3n) is 9.59. The molecule has 0 radical (unpaired) electrons. The van der Waals surface area contributed by atoms with Gasteiger partial charge in [0.15, 0.2) is 5.82 Å². The van der Waals surface area contributed by atoms with Crippen LogP contribution < -0.4 is 20.5 Å². The molecule has 3 aliphatic rings. The molecule has 1 fully saturated rings. The van der Waals surface area contributed by atoms with Crippen molar-refractivity contribution in [3.05, 3.63) is 92.5 Å². The zero-order valence-corrected chi connectivity index (χ0v) is 29.3. The number of nitrogens with one attached hydrogen (secondary N) is 1. The van der Waals surface area contributed by atoms with Gasteiger partial charge in [-0.15, -0.1) is 0 Å². The molecule has 1 unspecified atom stereocenters. The van der Waals surface area contributed by atoms with Gasteiger partial charge in [-0.3, -0.25) is 19.3 Å². The molecule has 4 aromatic rings. The molecule has 1 aromatic heterocycles. The van der Waals surface area contributed by atoms with Crippen LogP contribution >= 0.6 is 23.2 Å².